The minimum absolute atomic E-state index is 0.0345. The van der Waals surface area contributed by atoms with Gasteiger partial charge in [0.05, 0.1) is 16.2 Å². The van der Waals surface area contributed by atoms with Gasteiger partial charge in [0.2, 0.25) is 5.91 Å². The molecule has 0 aliphatic heterocycles. The lowest BCUT2D eigenvalue weighted by atomic mass is 10.3. The number of amides is 1. The molecule has 1 rings (SSSR count). The predicted octanol–water partition coefficient (Wildman–Crippen LogP) is 2.58. The molecule has 6 heteroatoms. The van der Waals surface area contributed by atoms with Crippen LogP contribution in [0.3, 0.4) is 0 Å². The largest absolute Gasteiger partial charge is 0.324 e. The number of hydrogen-bond donors (Lipinski definition) is 1. The monoisotopic (exact) mass is 274 g/mol. The molecule has 0 aliphatic rings. The van der Waals surface area contributed by atoms with Crippen LogP contribution in [-0.2, 0) is 4.79 Å². The number of nitrogens with one attached hydrogen (secondary N) is 1. The van der Waals surface area contributed by atoms with Crippen molar-refractivity contribution in [3.05, 3.63) is 28.2 Å². The second-order valence-corrected chi connectivity index (χ2v) is 3.43. The SMILES string of the molecule is N#CCC(=O)Nc1cc(F)cc(F)c1Br. The Bertz CT molecular complexity index is 442. The van der Waals surface area contributed by atoms with E-state index in [-0.39, 0.29) is 16.6 Å². The second-order valence-electron chi connectivity index (χ2n) is 2.63. The summed E-state index contributed by atoms with van der Waals surface area (Å²) in [5, 5.41) is 10.4. The third-order valence-corrected chi connectivity index (χ3v) is 2.31. The molecule has 0 unspecified atom stereocenters. The third kappa shape index (κ3) is 2.99. The first-order chi connectivity index (χ1) is 7.04. The zero-order valence-corrected chi connectivity index (χ0v) is 8.94. The Kier molecular flexibility index (Phi) is 3.74. The molecule has 1 aromatic rings. The average molecular weight is 275 g/mol. The number of benzene rings is 1. The predicted molar refractivity (Wildman–Crippen MR) is 52.9 cm³/mol. The van der Waals surface area contributed by atoms with Crippen LogP contribution in [0.4, 0.5) is 14.5 Å². The molecule has 0 atom stereocenters. The Morgan fingerprint density at radius 3 is 2.80 bits per heavy atom. The molecule has 0 spiro atoms. The minimum atomic E-state index is -0.817. The van der Waals surface area contributed by atoms with Crippen molar-refractivity contribution in [1.29, 1.82) is 5.26 Å². The number of halogens is 3. The van der Waals surface area contributed by atoms with Gasteiger partial charge in [-0.1, -0.05) is 0 Å². The van der Waals surface area contributed by atoms with Crippen LogP contribution < -0.4 is 5.32 Å². The van der Waals surface area contributed by atoms with Crippen molar-refractivity contribution in [2.24, 2.45) is 0 Å². The average Bonchev–Trinajstić information content (AvgIpc) is 2.13. The van der Waals surface area contributed by atoms with Gasteiger partial charge in [0.1, 0.15) is 18.1 Å². The van der Waals surface area contributed by atoms with E-state index in [2.05, 4.69) is 21.2 Å². The molecule has 78 valence electrons. The summed E-state index contributed by atoms with van der Waals surface area (Å²) in [5.74, 6) is -2.24. The summed E-state index contributed by atoms with van der Waals surface area (Å²) in [6.07, 6.45) is -0.370. The molecular weight excluding hydrogens is 270 g/mol. The van der Waals surface area contributed by atoms with Gasteiger partial charge in [-0.15, -0.1) is 0 Å². The number of anilines is 1. The first-order valence-electron chi connectivity index (χ1n) is 3.86. The highest BCUT2D eigenvalue weighted by Crippen LogP contribution is 2.26. The standard InChI is InChI=1S/C9H5BrF2N2O/c10-9-6(12)3-5(11)4-7(9)14-8(15)1-2-13/h3-4H,1H2,(H,14,15). The van der Waals surface area contributed by atoms with Gasteiger partial charge in [-0.05, 0) is 22.0 Å². The highest BCUT2D eigenvalue weighted by Gasteiger charge is 2.11. The summed E-state index contributed by atoms with van der Waals surface area (Å²) in [5.41, 5.74) is -0.0345. The Morgan fingerprint density at radius 1 is 1.53 bits per heavy atom. The number of carbonyl (C=O) groups excluding carboxylic acids is 1. The van der Waals surface area contributed by atoms with Crippen LogP contribution in [0.25, 0.3) is 0 Å². The van der Waals surface area contributed by atoms with E-state index in [1.54, 1.807) is 6.07 Å². The Balaban J connectivity index is 2.95. The van der Waals surface area contributed by atoms with E-state index in [4.69, 9.17) is 5.26 Å². The van der Waals surface area contributed by atoms with Crippen molar-refractivity contribution >= 4 is 27.5 Å². The van der Waals surface area contributed by atoms with Crippen LogP contribution in [0.2, 0.25) is 0 Å². The number of rotatable bonds is 2. The van der Waals surface area contributed by atoms with E-state index in [9.17, 15) is 13.6 Å². The summed E-state index contributed by atoms with van der Waals surface area (Å²) in [7, 11) is 0. The van der Waals surface area contributed by atoms with Gasteiger partial charge in [0, 0.05) is 6.07 Å². The van der Waals surface area contributed by atoms with Crippen molar-refractivity contribution < 1.29 is 13.6 Å². The maximum atomic E-state index is 13.0. The molecule has 0 saturated heterocycles. The molecule has 0 aromatic heterocycles. The fraction of sp³-hybridized carbons (Fsp3) is 0.111. The molecule has 0 aliphatic carbocycles. The van der Waals surface area contributed by atoms with Crippen molar-refractivity contribution in [2.45, 2.75) is 6.42 Å². The fourth-order valence-electron chi connectivity index (χ4n) is 0.913. The maximum absolute atomic E-state index is 13.0. The van der Waals surface area contributed by atoms with E-state index in [0.717, 1.165) is 6.07 Å². The van der Waals surface area contributed by atoms with Crippen LogP contribution in [0.1, 0.15) is 6.42 Å². The number of hydrogen-bond acceptors (Lipinski definition) is 2. The molecule has 0 fully saturated rings. The summed E-state index contributed by atoms with van der Waals surface area (Å²) in [6.45, 7) is 0. The van der Waals surface area contributed by atoms with Crippen LogP contribution >= 0.6 is 15.9 Å². The molecule has 1 amide bonds. The van der Waals surface area contributed by atoms with Crippen molar-refractivity contribution in [1.82, 2.24) is 0 Å². The lowest BCUT2D eigenvalue weighted by Crippen LogP contribution is -2.11. The van der Waals surface area contributed by atoms with Gasteiger partial charge in [-0.3, -0.25) is 4.79 Å². The lowest BCUT2D eigenvalue weighted by Gasteiger charge is -2.06. The van der Waals surface area contributed by atoms with Gasteiger partial charge in [0.15, 0.2) is 0 Å². The van der Waals surface area contributed by atoms with E-state index in [0.29, 0.717) is 6.07 Å². The van der Waals surface area contributed by atoms with E-state index in [1.807, 2.05) is 0 Å². The molecular formula is C9H5BrF2N2O. The van der Waals surface area contributed by atoms with Crippen molar-refractivity contribution in [2.75, 3.05) is 5.32 Å². The molecule has 0 bridgehead atoms. The highest BCUT2D eigenvalue weighted by molar-refractivity contribution is 9.10. The first-order valence-corrected chi connectivity index (χ1v) is 4.65. The smallest absolute Gasteiger partial charge is 0.238 e. The van der Waals surface area contributed by atoms with Crippen molar-refractivity contribution in [3.8, 4) is 6.07 Å². The summed E-state index contributed by atoms with van der Waals surface area (Å²) in [6, 6.07) is 3.27. The Labute approximate surface area is 92.8 Å². The number of carbonyl (C=O) groups is 1. The molecule has 1 N–H and O–H groups in total. The van der Waals surface area contributed by atoms with Gasteiger partial charge in [0.25, 0.3) is 0 Å². The highest BCUT2D eigenvalue weighted by atomic mass is 79.9. The van der Waals surface area contributed by atoms with Crippen LogP contribution in [0.15, 0.2) is 16.6 Å². The molecule has 15 heavy (non-hydrogen) atoms. The van der Waals surface area contributed by atoms with Gasteiger partial charge < -0.3 is 5.32 Å². The normalized spacial score (nSPS) is 9.47. The van der Waals surface area contributed by atoms with Gasteiger partial charge >= 0.3 is 0 Å². The second kappa shape index (κ2) is 4.84. The van der Waals surface area contributed by atoms with Crippen LogP contribution in [0.5, 0.6) is 0 Å². The zero-order valence-electron chi connectivity index (χ0n) is 7.35. The molecule has 0 heterocycles. The summed E-state index contributed by atoms with van der Waals surface area (Å²) >= 11 is 2.85. The van der Waals surface area contributed by atoms with Gasteiger partial charge in [-0.2, -0.15) is 5.26 Å². The fourth-order valence-corrected chi connectivity index (χ4v) is 1.24. The zero-order chi connectivity index (χ0) is 11.4. The Morgan fingerprint density at radius 2 is 2.20 bits per heavy atom. The van der Waals surface area contributed by atoms with E-state index in [1.165, 1.54) is 0 Å². The molecule has 0 saturated carbocycles. The molecule has 0 radical (unpaired) electrons. The summed E-state index contributed by atoms with van der Waals surface area (Å²) in [4.78, 5) is 11.0. The number of nitrogens with zero attached hydrogens (tertiary/aromatic N) is 1. The minimum Gasteiger partial charge on any atom is -0.324 e. The topological polar surface area (TPSA) is 52.9 Å². The lowest BCUT2D eigenvalue weighted by molar-refractivity contribution is -0.115. The quantitative estimate of drug-likeness (QED) is 0.843. The van der Waals surface area contributed by atoms with Gasteiger partial charge in [-0.25, -0.2) is 8.78 Å². The molecule has 1 aromatic carbocycles. The van der Waals surface area contributed by atoms with Crippen LogP contribution in [-0.4, -0.2) is 5.91 Å². The van der Waals surface area contributed by atoms with E-state index < -0.39 is 17.5 Å². The van der Waals surface area contributed by atoms with Crippen molar-refractivity contribution in [3.63, 3.8) is 0 Å². The summed E-state index contributed by atoms with van der Waals surface area (Å²) < 4.78 is 25.7. The third-order valence-electron chi connectivity index (χ3n) is 1.51. The Hall–Kier alpha value is -1.48. The van der Waals surface area contributed by atoms with E-state index >= 15 is 0 Å². The first kappa shape index (κ1) is 11.6. The maximum Gasteiger partial charge on any atom is 0.238 e. The molecule has 3 nitrogen and oxygen atoms in total. The number of nitriles is 1. The van der Waals surface area contributed by atoms with Crippen LogP contribution in [0, 0.1) is 23.0 Å².